The SMILES string of the molecule is CC(C)(C)OC(=O)NCCn1cc(-c2ncnc3oc(-c4ccccc4)cc23)c(-c2ccc(F)cc2)n1. The van der Waals surface area contributed by atoms with E-state index in [0.29, 0.717) is 36.0 Å². The first-order valence-corrected chi connectivity index (χ1v) is 11.9. The number of rotatable bonds is 6. The molecule has 0 bridgehead atoms. The van der Waals surface area contributed by atoms with Gasteiger partial charge in [-0.15, -0.1) is 0 Å². The second-order valence-electron chi connectivity index (χ2n) is 9.51. The number of furan rings is 1. The maximum atomic E-state index is 13.7. The van der Waals surface area contributed by atoms with Crippen LogP contribution in [0.5, 0.6) is 0 Å². The van der Waals surface area contributed by atoms with Crippen LogP contribution in [0.15, 0.2) is 77.6 Å². The van der Waals surface area contributed by atoms with Gasteiger partial charge < -0.3 is 14.5 Å². The lowest BCUT2D eigenvalue weighted by molar-refractivity contribution is 0.0525. The van der Waals surface area contributed by atoms with Gasteiger partial charge in [-0.05, 0) is 51.1 Å². The summed E-state index contributed by atoms with van der Waals surface area (Å²) in [6.07, 6.45) is 2.81. The first kappa shape index (κ1) is 24.2. The molecule has 2 aromatic carbocycles. The first-order chi connectivity index (χ1) is 17.8. The van der Waals surface area contributed by atoms with Crippen molar-refractivity contribution in [3.8, 4) is 33.8 Å². The van der Waals surface area contributed by atoms with E-state index in [-0.39, 0.29) is 5.82 Å². The number of nitrogens with zero attached hydrogens (tertiary/aromatic N) is 4. The van der Waals surface area contributed by atoms with Gasteiger partial charge in [-0.1, -0.05) is 30.3 Å². The summed E-state index contributed by atoms with van der Waals surface area (Å²) < 4.78 is 26.7. The molecular formula is C28H26FN5O3. The predicted molar refractivity (Wildman–Crippen MR) is 138 cm³/mol. The van der Waals surface area contributed by atoms with Crippen LogP contribution >= 0.6 is 0 Å². The van der Waals surface area contributed by atoms with E-state index in [1.54, 1.807) is 16.8 Å². The molecule has 1 N–H and O–H groups in total. The molecule has 0 unspecified atom stereocenters. The molecule has 3 heterocycles. The van der Waals surface area contributed by atoms with E-state index in [1.807, 2.05) is 63.4 Å². The van der Waals surface area contributed by atoms with E-state index in [1.165, 1.54) is 18.5 Å². The van der Waals surface area contributed by atoms with Gasteiger partial charge >= 0.3 is 6.09 Å². The topological polar surface area (TPSA) is 95.1 Å². The van der Waals surface area contributed by atoms with Crippen LogP contribution < -0.4 is 5.32 Å². The van der Waals surface area contributed by atoms with Crippen LogP contribution in [-0.2, 0) is 11.3 Å². The monoisotopic (exact) mass is 499 g/mol. The molecule has 0 saturated carbocycles. The summed E-state index contributed by atoms with van der Waals surface area (Å²) in [5, 5.41) is 8.22. The van der Waals surface area contributed by atoms with Gasteiger partial charge in [-0.25, -0.2) is 19.2 Å². The van der Waals surface area contributed by atoms with Crippen molar-refractivity contribution < 1.29 is 18.3 Å². The van der Waals surface area contributed by atoms with Crippen LogP contribution in [0.4, 0.5) is 9.18 Å². The molecule has 0 aliphatic carbocycles. The minimum atomic E-state index is -0.583. The summed E-state index contributed by atoms with van der Waals surface area (Å²) in [6, 6.07) is 17.8. The van der Waals surface area contributed by atoms with Crippen LogP contribution in [-0.4, -0.2) is 38.0 Å². The molecular weight excluding hydrogens is 473 g/mol. The Hall–Kier alpha value is -4.53. The average Bonchev–Trinajstić information content (AvgIpc) is 3.48. The lowest BCUT2D eigenvalue weighted by Gasteiger charge is -2.19. The van der Waals surface area contributed by atoms with E-state index >= 15 is 0 Å². The molecule has 37 heavy (non-hydrogen) atoms. The highest BCUT2D eigenvalue weighted by Gasteiger charge is 2.20. The number of amides is 1. The number of nitrogens with one attached hydrogen (secondary N) is 1. The van der Waals surface area contributed by atoms with Crippen LogP contribution in [0.2, 0.25) is 0 Å². The molecule has 5 aromatic rings. The number of carbonyl (C=O) groups excluding carboxylic acids is 1. The molecule has 188 valence electrons. The number of fused-ring (bicyclic) bond motifs is 1. The molecule has 0 atom stereocenters. The molecule has 0 aliphatic heterocycles. The van der Waals surface area contributed by atoms with Crippen molar-refractivity contribution >= 4 is 17.2 Å². The van der Waals surface area contributed by atoms with Crippen molar-refractivity contribution in [3.63, 3.8) is 0 Å². The minimum absolute atomic E-state index is 0.307. The first-order valence-electron chi connectivity index (χ1n) is 11.9. The van der Waals surface area contributed by atoms with Gasteiger partial charge in [-0.2, -0.15) is 5.10 Å². The zero-order valence-electron chi connectivity index (χ0n) is 20.7. The van der Waals surface area contributed by atoms with Gasteiger partial charge in [0.2, 0.25) is 5.71 Å². The third-order valence-corrected chi connectivity index (χ3v) is 5.53. The quantitative estimate of drug-likeness (QED) is 0.304. The van der Waals surface area contributed by atoms with Crippen LogP contribution in [0.3, 0.4) is 0 Å². The van der Waals surface area contributed by atoms with E-state index in [2.05, 4.69) is 15.3 Å². The Morgan fingerprint density at radius 1 is 1.03 bits per heavy atom. The van der Waals surface area contributed by atoms with Gasteiger partial charge in [-0.3, -0.25) is 4.68 Å². The van der Waals surface area contributed by atoms with Crippen molar-refractivity contribution in [1.82, 2.24) is 25.1 Å². The van der Waals surface area contributed by atoms with Gasteiger partial charge in [0.15, 0.2) is 0 Å². The molecule has 8 nitrogen and oxygen atoms in total. The normalized spacial score (nSPS) is 11.6. The molecule has 3 aromatic heterocycles. The number of hydrogen-bond acceptors (Lipinski definition) is 6. The van der Waals surface area contributed by atoms with Crippen molar-refractivity contribution in [2.24, 2.45) is 0 Å². The highest BCUT2D eigenvalue weighted by atomic mass is 19.1. The van der Waals surface area contributed by atoms with Crippen LogP contribution in [0.25, 0.3) is 44.9 Å². The van der Waals surface area contributed by atoms with Gasteiger partial charge in [0.05, 0.1) is 17.6 Å². The summed E-state index contributed by atoms with van der Waals surface area (Å²) in [7, 11) is 0. The molecule has 0 aliphatic rings. The Morgan fingerprint density at radius 3 is 2.51 bits per heavy atom. The Bertz CT molecular complexity index is 1540. The van der Waals surface area contributed by atoms with E-state index in [0.717, 1.165) is 22.1 Å². The Morgan fingerprint density at radius 2 is 1.78 bits per heavy atom. The van der Waals surface area contributed by atoms with Crippen LogP contribution in [0, 0.1) is 5.82 Å². The largest absolute Gasteiger partial charge is 0.444 e. The van der Waals surface area contributed by atoms with Crippen molar-refractivity contribution in [1.29, 1.82) is 0 Å². The summed E-state index contributed by atoms with van der Waals surface area (Å²) in [5.74, 6) is 0.340. The number of ether oxygens (including phenoxy) is 1. The van der Waals surface area contributed by atoms with E-state index in [9.17, 15) is 9.18 Å². The maximum absolute atomic E-state index is 13.7. The summed E-state index contributed by atoms with van der Waals surface area (Å²) >= 11 is 0. The van der Waals surface area contributed by atoms with Gasteiger partial charge in [0.1, 0.15) is 29.2 Å². The Labute approximate surface area is 213 Å². The number of hydrogen-bond donors (Lipinski definition) is 1. The molecule has 0 radical (unpaired) electrons. The number of alkyl carbamates (subject to hydrolysis) is 1. The third kappa shape index (κ3) is 5.50. The standard InChI is InChI=1S/C28H26FN5O3/c1-28(2,3)37-27(35)30-13-14-34-16-22(24(33-34)19-9-11-20(29)12-10-19)25-21-15-23(18-7-5-4-6-8-18)36-26(21)32-17-31-25/h4-12,15-17H,13-14H2,1-3H3,(H,30,35). The predicted octanol–water partition coefficient (Wildman–Crippen LogP) is 6.08. The fraction of sp³-hybridized carbons (Fsp3) is 0.214. The van der Waals surface area contributed by atoms with Crippen molar-refractivity contribution in [3.05, 3.63) is 79.0 Å². The summed E-state index contributed by atoms with van der Waals surface area (Å²) in [6.45, 7) is 6.12. The summed E-state index contributed by atoms with van der Waals surface area (Å²) in [5.41, 5.74) is 3.52. The second kappa shape index (κ2) is 9.85. The lowest BCUT2D eigenvalue weighted by Crippen LogP contribution is -2.34. The smallest absolute Gasteiger partial charge is 0.407 e. The highest BCUT2D eigenvalue weighted by Crippen LogP contribution is 2.36. The zero-order valence-corrected chi connectivity index (χ0v) is 20.7. The number of carbonyl (C=O) groups is 1. The number of aromatic nitrogens is 4. The van der Waals surface area contributed by atoms with Crippen molar-refractivity contribution in [2.45, 2.75) is 32.9 Å². The van der Waals surface area contributed by atoms with Gasteiger partial charge in [0.25, 0.3) is 0 Å². The number of halogens is 1. The van der Waals surface area contributed by atoms with Crippen LogP contribution in [0.1, 0.15) is 20.8 Å². The van der Waals surface area contributed by atoms with Crippen molar-refractivity contribution in [2.75, 3.05) is 6.54 Å². The Kier molecular flexibility index (Phi) is 6.43. The Balaban J connectivity index is 1.51. The summed E-state index contributed by atoms with van der Waals surface area (Å²) in [4.78, 5) is 20.9. The van der Waals surface area contributed by atoms with E-state index < -0.39 is 11.7 Å². The number of benzene rings is 2. The molecule has 9 heteroatoms. The average molecular weight is 500 g/mol. The third-order valence-electron chi connectivity index (χ3n) is 5.53. The molecule has 0 fully saturated rings. The maximum Gasteiger partial charge on any atom is 0.407 e. The molecule has 1 amide bonds. The minimum Gasteiger partial charge on any atom is -0.444 e. The zero-order chi connectivity index (χ0) is 26.0. The van der Waals surface area contributed by atoms with E-state index in [4.69, 9.17) is 14.3 Å². The molecule has 0 saturated heterocycles. The fourth-order valence-electron chi connectivity index (χ4n) is 3.93. The molecule has 0 spiro atoms. The van der Waals surface area contributed by atoms with Gasteiger partial charge in [0, 0.05) is 29.4 Å². The second-order valence-corrected chi connectivity index (χ2v) is 9.51. The highest BCUT2D eigenvalue weighted by molar-refractivity contribution is 5.95. The molecule has 5 rings (SSSR count). The lowest BCUT2D eigenvalue weighted by atomic mass is 10.0. The fourth-order valence-corrected chi connectivity index (χ4v) is 3.93.